The number of nitrogens with zero attached hydrogens (tertiary/aromatic N) is 3. The van der Waals surface area contributed by atoms with Gasteiger partial charge in [0.2, 0.25) is 5.88 Å². The summed E-state index contributed by atoms with van der Waals surface area (Å²) in [6, 6.07) is 4.03. The molecule has 2 aliphatic rings. The minimum Gasteiger partial charge on any atom is -0.481 e. The van der Waals surface area contributed by atoms with E-state index >= 15 is 0 Å². The lowest BCUT2D eigenvalue weighted by molar-refractivity contribution is -0.193. The highest BCUT2D eigenvalue weighted by atomic mass is 32.1. The maximum Gasteiger partial charge on any atom is 0.490 e. The Kier molecular flexibility index (Phi) is 11.7. The smallest absolute Gasteiger partial charge is 0.481 e. The molecule has 2 aromatic heterocycles. The van der Waals surface area contributed by atoms with Crippen LogP contribution in [0, 0.1) is 12.8 Å². The Morgan fingerprint density at radius 3 is 2.27 bits per heavy atom. The summed E-state index contributed by atoms with van der Waals surface area (Å²) in [6.45, 7) is 6.90. The van der Waals surface area contributed by atoms with Crippen LogP contribution in [0.1, 0.15) is 22.7 Å². The first-order valence-corrected chi connectivity index (χ1v) is 12.4. The molecule has 2 fully saturated rings. The Balaban J connectivity index is 0.000000333. The van der Waals surface area contributed by atoms with E-state index in [1.807, 2.05) is 13.0 Å². The van der Waals surface area contributed by atoms with Gasteiger partial charge in [-0.05, 0) is 19.4 Å². The van der Waals surface area contributed by atoms with Gasteiger partial charge in [-0.25, -0.2) is 19.6 Å². The quantitative estimate of drug-likeness (QED) is 0.449. The maximum absolute atomic E-state index is 10.6. The molecule has 2 N–H and O–H groups in total. The summed E-state index contributed by atoms with van der Waals surface area (Å²) in [5.41, 5.74) is 2.10. The van der Waals surface area contributed by atoms with E-state index in [4.69, 9.17) is 34.0 Å². The SMILES string of the molecule is COc1ncccc1CN1CC2(C1)OCCC2COCc1csc(C)n1.O=C(O)C(F)(F)F.O=C(O)C(F)(F)F. The molecular formula is C23H27F6N3O7S. The van der Waals surface area contributed by atoms with Crippen molar-refractivity contribution in [1.29, 1.82) is 0 Å². The zero-order valence-electron chi connectivity index (χ0n) is 21.3. The van der Waals surface area contributed by atoms with Gasteiger partial charge in [0.05, 0.1) is 36.6 Å². The van der Waals surface area contributed by atoms with E-state index in [1.165, 1.54) is 0 Å². The molecule has 1 atom stereocenters. The monoisotopic (exact) mass is 603 g/mol. The molecule has 1 spiro atoms. The van der Waals surface area contributed by atoms with Crippen molar-refractivity contribution in [1.82, 2.24) is 14.9 Å². The Hall–Kier alpha value is -3.02. The Morgan fingerprint density at radius 1 is 1.18 bits per heavy atom. The number of rotatable bonds is 7. The number of thiazole rings is 1. The summed E-state index contributed by atoms with van der Waals surface area (Å²) in [6.07, 6.45) is -7.34. The van der Waals surface area contributed by atoms with Crippen LogP contribution in [0.15, 0.2) is 23.7 Å². The summed E-state index contributed by atoms with van der Waals surface area (Å²) in [7, 11) is 1.67. The van der Waals surface area contributed by atoms with Gasteiger partial charge in [0.15, 0.2) is 0 Å². The molecule has 0 amide bonds. The third-order valence-electron chi connectivity index (χ3n) is 5.74. The van der Waals surface area contributed by atoms with Gasteiger partial charge in [-0.15, -0.1) is 11.3 Å². The number of ether oxygens (including phenoxy) is 3. The summed E-state index contributed by atoms with van der Waals surface area (Å²) in [4.78, 5) is 28.9. The number of hydrogen-bond donors (Lipinski definition) is 2. The van der Waals surface area contributed by atoms with E-state index in [0.29, 0.717) is 18.4 Å². The first-order valence-electron chi connectivity index (χ1n) is 11.5. The fraction of sp³-hybridized carbons (Fsp3) is 0.565. The topological polar surface area (TPSA) is 131 Å². The van der Waals surface area contributed by atoms with E-state index in [9.17, 15) is 26.3 Å². The predicted octanol–water partition coefficient (Wildman–Crippen LogP) is 3.93. The van der Waals surface area contributed by atoms with Gasteiger partial charge in [0.1, 0.15) is 0 Å². The average molecular weight is 604 g/mol. The van der Waals surface area contributed by atoms with E-state index in [2.05, 4.69) is 26.3 Å². The van der Waals surface area contributed by atoms with Crippen LogP contribution >= 0.6 is 11.3 Å². The molecule has 2 aromatic rings. The molecule has 0 radical (unpaired) electrons. The van der Waals surface area contributed by atoms with Crippen LogP contribution in [0.5, 0.6) is 5.88 Å². The van der Waals surface area contributed by atoms with Gasteiger partial charge >= 0.3 is 24.3 Å². The van der Waals surface area contributed by atoms with Crippen LogP contribution in [0.4, 0.5) is 26.3 Å². The number of likely N-dealkylation sites (tertiary alicyclic amines) is 1. The first kappa shape index (κ1) is 33.2. The fourth-order valence-electron chi connectivity index (χ4n) is 3.94. The van der Waals surface area contributed by atoms with Crippen molar-refractivity contribution >= 4 is 23.3 Å². The van der Waals surface area contributed by atoms with Gasteiger partial charge in [0.25, 0.3) is 0 Å². The standard InChI is InChI=1S/C19H25N3O3S.2C2HF3O2/c1-14-21-17(11-26-14)10-24-9-16-5-7-25-19(16)12-22(13-19)8-15-4-3-6-20-18(15)23-2;2*3-2(4,5)1(6)7/h3-4,6,11,16H,5,7-10,12-13H2,1-2H3;2*(H,6,7). The van der Waals surface area contributed by atoms with Crippen LogP contribution in [-0.2, 0) is 32.2 Å². The molecule has 0 saturated carbocycles. The highest BCUT2D eigenvalue weighted by Crippen LogP contribution is 2.41. The molecule has 0 aliphatic carbocycles. The largest absolute Gasteiger partial charge is 0.490 e. The Bertz CT molecular complexity index is 1100. The van der Waals surface area contributed by atoms with Crippen molar-refractivity contribution in [3.63, 3.8) is 0 Å². The molecule has 4 heterocycles. The molecule has 1 unspecified atom stereocenters. The molecule has 2 aliphatic heterocycles. The molecule has 40 heavy (non-hydrogen) atoms. The molecular weight excluding hydrogens is 576 g/mol. The van der Waals surface area contributed by atoms with E-state index in [0.717, 1.165) is 55.5 Å². The second kappa shape index (κ2) is 14.0. The van der Waals surface area contributed by atoms with Gasteiger partial charge < -0.3 is 24.4 Å². The second-order valence-electron chi connectivity index (χ2n) is 8.69. The highest BCUT2D eigenvalue weighted by Gasteiger charge is 2.53. The second-order valence-corrected chi connectivity index (χ2v) is 9.76. The Morgan fingerprint density at radius 2 is 1.77 bits per heavy atom. The molecule has 0 bridgehead atoms. The van der Waals surface area contributed by atoms with Crippen LogP contribution < -0.4 is 4.74 Å². The van der Waals surface area contributed by atoms with Crippen molar-refractivity contribution in [2.75, 3.05) is 33.4 Å². The van der Waals surface area contributed by atoms with Gasteiger partial charge in [-0.1, -0.05) is 6.07 Å². The van der Waals surface area contributed by atoms with Crippen molar-refractivity contribution < 1.29 is 60.4 Å². The maximum atomic E-state index is 10.6. The molecule has 2 saturated heterocycles. The summed E-state index contributed by atoms with van der Waals surface area (Å²) >= 11 is 1.67. The van der Waals surface area contributed by atoms with Crippen LogP contribution in [0.2, 0.25) is 0 Å². The number of alkyl halides is 6. The fourth-order valence-corrected chi connectivity index (χ4v) is 4.54. The first-order chi connectivity index (χ1) is 18.6. The molecule has 10 nitrogen and oxygen atoms in total. The minimum absolute atomic E-state index is 0.0482. The Labute approximate surface area is 228 Å². The van der Waals surface area contributed by atoms with Crippen LogP contribution in [0.25, 0.3) is 0 Å². The number of carbonyl (C=O) groups is 2. The lowest BCUT2D eigenvalue weighted by atomic mass is 9.81. The van der Waals surface area contributed by atoms with E-state index < -0.39 is 24.3 Å². The number of pyridine rings is 1. The summed E-state index contributed by atoms with van der Waals surface area (Å²) in [5.74, 6) is -4.35. The van der Waals surface area contributed by atoms with Gasteiger partial charge in [0, 0.05) is 49.3 Å². The lowest BCUT2D eigenvalue weighted by Crippen LogP contribution is -2.64. The normalized spacial score (nSPS) is 18.1. The predicted molar refractivity (Wildman–Crippen MR) is 127 cm³/mol. The number of hydrogen-bond acceptors (Lipinski definition) is 9. The third-order valence-corrected chi connectivity index (χ3v) is 6.56. The van der Waals surface area contributed by atoms with Crippen molar-refractivity contribution in [2.45, 2.75) is 44.4 Å². The number of halogens is 6. The summed E-state index contributed by atoms with van der Waals surface area (Å²) in [5, 5.41) is 17.4. The molecule has 0 aromatic carbocycles. The summed E-state index contributed by atoms with van der Waals surface area (Å²) < 4.78 is 80.9. The van der Waals surface area contributed by atoms with Gasteiger partial charge in [-0.3, -0.25) is 4.90 Å². The lowest BCUT2D eigenvalue weighted by Gasteiger charge is -2.50. The van der Waals surface area contributed by atoms with Crippen molar-refractivity contribution in [3.05, 3.63) is 40.0 Å². The highest BCUT2D eigenvalue weighted by molar-refractivity contribution is 7.09. The van der Waals surface area contributed by atoms with Crippen LogP contribution in [0.3, 0.4) is 0 Å². The number of carboxylic acids is 2. The van der Waals surface area contributed by atoms with Crippen LogP contribution in [-0.4, -0.2) is 88.4 Å². The zero-order valence-corrected chi connectivity index (χ0v) is 22.1. The van der Waals surface area contributed by atoms with E-state index in [1.54, 1.807) is 24.6 Å². The minimum atomic E-state index is -5.08. The van der Waals surface area contributed by atoms with Gasteiger partial charge in [-0.2, -0.15) is 26.3 Å². The van der Waals surface area contributed by atoms with Crippen molar-refractivity contribution in [3.8, 4) is 5.88 Å². The van der Waals surface area contributed by atoms with E-state index in [-0.39, 0.29) is 5.60 Å². The molecule has 4 rings (SSSR count). The zero-order chi connectivity index (χ0) is 30.1. The number of aryl methyl sites for hydroxylation is 1. The average Bonchev–Trinajstić information content (AvgIpc) is 3.45. The molecule has 17 heteroatoms. The van der Waals surface area contributed by atoms with Crippen molar-refractivity contribution in [2.24, 2.45) is 5.92 Å². The molecule has 224 valence electrons. The number of carboxylic acid groups (broad SMARTS) is 2. The third kappa shape index (κ3) is 9.87. The number of aliphatic carboxylic acids is 2. The number of methoxy groups -OCH3 is 1. The number of aromatic nitrogens is 2.